The second-order valence-electron chi connectivity index (χ2n) is 6.69. The van der Waals surface area contributed by atoms with E-state index < -0.39 is 0 Å². The molecule has 0 aromatic heterocycles. The molecule has 2 aliphatic heterocycles. The van der Waals surface area contributed by atoms with E-state index in [2.05, 4.69) is 17.1 Å². The summed E-state index contributed by atoms with van der Waals surface area (Å²) in [6.07, 6.45) is 1.44. The molecule has 2 aliphatic rings. The summed E-state index contributed by atoms with van der Waals surface area (Å²) in [5.41, 5.74) is 1.08. The molecule has 3 rings (SSSR count). The zero-order valence-corrected chi connectivity index (χ0v) is 14.8. The van der Waals surface area contributed by atoms with Gasteiger partial charge in [0.1, 0.15) is 0 Å². The number of rotatable bonds is 4. The van der Waals surface area contributed by atoms with Crippen LogP contribution >= 0.6 is 0 Å². The number of hydrogen-bond donors (Lipinski definition) is 1. The molecule has 6 nitrogen and oxygen atoms in total. The third-order valence-corrected chi connectivity index (χ3v) is 5.01. The molecule has 1 aromatic carbocycles. The third-order valence-electron chi connectivity index (χ3n) is 5.01. The molecule has 0 saturated carbocycles. The first-order valence-corrected chi connectivity index (χ1v) is 9.12. The van der Waals surface area contributed by atoms with E-state index in [-0.39, 0.29) is 24.0 Å². The fraction of sp³-hybridized carbons (Fsp3) is 0.579. The second kappa shape index (κ2) is 8.45. The first-order chi connectivity index (χ1) is 12.2. The lowest BCUT2D eigenvalue weighted by Gasteiger charge is -2.35. The number of nitrogens with one attached hydrogen (secondary N) is 1. The van der Waals surface area contributed by atoms with Crippen LogP contribution in [0.1, 0.15) is 31.4 Å². The van der Waals surface area contributed by atoms with Gasteiger partial charge in [0.2, 0.25) is 11.8 Å². The summed E-state index contributed by atoms with van der Waals surface area (Å²) in [5.74, 6) is 0.165. The van der Waals surface area contributed by atoms with Crippen molar-refractivity contribution in [1.82, 2.24) is 15.1 Å². The van der Waals surface area contributed by atoms with E-state index in [1.165, 1.54) is 0 Å². The molecule has 2 fully saturated rings. The van der Waals surface area contributed by atoms with E-state index in [0.717, 1.165) is 12.0 Å². The first-order valence-electron chi connectivity index (χ1n) is 9.12. The van der Waals surface area contributed by atoms with Crippen molar-refractivity contribution in [3.8, 4) is 0 Å². The van der Waals surface area contributed by atoms with Crippen molar-refractivity contribution < 1.29 is 14.3 Å². The van der Waals surface area contributed by atoms with E-state index in [0.29, 0.717) is 45.8 Å². The third kappa shape index (κ3) is 4.58. The van der Waals surface area contributed by atoms with Gasteiger partial charge < -0.3 is 15.0 Å². The van der Waals surface area contributed by atoms with Crippen LogP contribution in [0, 0.1) is 0 Å². The standard InChI is InChI=1S/C19H27N3O3/c1-2-16-13-22(10-11-25-16)19(24)14-21-9-8-20-18(23)12-17(21)15-6-4-3-5-7-15/h3-7,16-17H,2,8-14H2,1H3,(H,20,23)/t16-,17-/m0/s1. The smallest absolute Gasteiger partial charge is 0.236 e. The van der Waals surface area contributed by atoms with Gasteiger partial charge >= 0.3 is 0 Å². The molecule has 2 heterocycles. The van der Waals surface area contributed by atoms with Crippen molar-refractivity contribution in [2.45, 2.75) is 31.9 Å². The molecule has 0 unspecified atom stereocenters. The first kappa shape index (κ1) is 17.9. The largest absolute Gasteiger partial charge is 0.375 e. The van der Waals surface area contributed by atoms with Crippen molar-refractivity contribution in [3.63, 3.8) is 0 Å². The van der Waals surface area contributed by atoms with Crippen LogP contribution < -0.4 is 5.32 Å². The molecule has 0 aliphatic carbocycles. The van der Waals surface area contributed by atoms with Crippen LogP contribution in [0.25, 0.3) is 0 Å². The molecule has 0 spiro atoms. The lowest BCUT2D eigenvalue weighted by Crippen LogP contribution is -2.49. The minimum Gasteiger partial charge on any atom is -0.375 e. The predicted octanol–water partition coefficient (Wildman–Crippen LogP) is 1.19. The van der Waals surface area contributed by atoms with Gasteiger partial charge in [0.15, 0.2) is 0 Å². The van der Waals surface area contributed by atoms with Crippen LogP contribution in [0.3, 0.4) is 0 Å². The summed E-state index contributed by atoms with van der Waals surface area (Å²) in [5, 5.41) is 2.92. The van der Waals surface area contributed by atoms with E-state index in [4.69, 9.17) is 4.74 Å². The maximum atomic E-state index is 12.8. The molecule has 0 radical (unpaired) electrons. The number of hydrogen-bond acceptors (Lipinski definition) is 4. The molecule has 1 N–H and O–H groups in total. The van der Waals surface area contributed by atoms with Crippen LogP contribution in [0.5, 0.6) is 0 Å². The Balaban J connectivity index is 1.71. The number of benzene rings is 1. The van der Waals surface area contributed by atoms with Gasteiger partial charge in [-0.15, -0.1) is 0 Å². The maximum Gasteiger partial charge on any atom is 0.236 e. The van der Waals surface area contributed by atoms with E-state index in [9.17, 15) is 9.59 Å². The molecule has 2 saturated heterocycles. The van der Waals surface area contributed by atoms with Crippen molar-refractivity contribution >= 4 is 11.8 Å². The summed E-state index contributed by atoms with van der Waals surface area (Å²) < 4.78 is 5.66. The summed E-state index contributed by atoms with van der Waals surface area (Å²) >= 11 is 0. The quantitative estimate of drug-likeness (QED) is 0.890. The van der Waals surface area contributed by atoms with E-state index in [1.54, 1.807) is 0 Å². The van der Waals surface area contributed by atoms with Crippen molar-refractivity contribution in [1.29, 1.82) is 0 Å². The Morgan fingerprint density at radius 1 is 1.28 bits per heavy atom. The van der Waals surface area contributed by atoms with Crippen molar-refractivity contribution in [2.75, 3.05) is 39.3 Å². The minimum atomic E-state index is -0.0596. The topological polar surface area (TPSA) is 61.9 Å². The van der Waals surface area contributed by atoms with Gasteiger partial charge in [-0.25, -0.2) is 0 Å². The average molecular weight is 345 g/mol. The van der Waals surface area contributed by atoms with Gasteiger partial charge in [-0.05, 0) is 12.0 Å². The number of nitrogens with zero attached hydrogens (tertiary/aromatic N) is 2. The zero-order valence-electron chi connectivity index (χ0n) is 14.8. The summed E-state index contributed by atoms with van der Waals surface area (Å²) in [7, 11) is 0. The summed E-state index contributed by atoms with van der Waals surface area (Å²) in [6.45, 7) is 5.59. The maximum absolute atomic E-state index is 12.8. The molecule has 2 amide bonds. The molecule has 25 heavy (non-hydrogen) atoms. The number of amides is 2. The molecular formula is C19H27N3O3. The van der Waals surface area contributed by atoms with Crippen LogP contribution in [-0.4, -0.2) is 67.0 Å². The van der Waals surface area contributed by atoms with Gasteiger partial charge in [0.05, 0.1) is 19.3 Å². The SMILES string of the molecule is CC[C@H]1CN(C(=O)CN2CCNC(=O)C[C@H]2c2ccccc2)CCO1. The lowest BCUT2D eigenvalue weighted by atomic mass is 10.0. The Bertz CT molecular complexity index is 593. The zero-order chi connectivity index (χ0) is 17.6. The fourth-order valence-electron chi connectivity index (χ4n) is 3.53. The highest BCUT2D eigenvalue weighted by molar-refractivity contribution is 5.79. The number of ether oxygens (including phenoxy) is 1. The Morgan fingerprint density at radius 3 is 2.84 bits per heavy atom. The molecule has 2 atom stereocenters. The second-order valence-corrected chi connectivity index (χ2v) is 6.69. The van der Waals surface area contributed by atoms with Crippen molar-refractivity contribution in [2.24, 2.45) is 0 Å². The van der Waals surface area contributed by atoms with E-state index >= 15 is 0 Å². The van der Waals surface area contributed by atoms with Gasteiger partial charge in [-0.1, -0.05) is 37.3 Å². The van der Waals surface area contributed by atoms with Gasteiger partial charge in [0, 0.05) is 38.6 Å². The number of carbonyl (C=O) groups excluding carboxylic acids is 2. The van der Waals surface area contributed by atoms with Crippen molar-refractivity contribution in [3.05, 3.63) is 35.9 Å². The normalized spacial score (nSPS) is 25.3. The summed E-state index contributed by atoms with van der Waals surface area (Å²) in [4.78, 5) is 28.9. The Morgan fingerprint density at radius 2 is 2.08 bits per heavy atom. The lowest BCUT2D eigenvalue weighted by molar-refractivity contribution is -0.140. The number of morpholine rings is 1. The van der Waals surface area contributed by atoms with E-state index in [1.807, 2.05) is 35.2 Å². The fourth-order valence-corrected chi connectivity index (χ4v) is 3.53. The molecule has 1 aromatic rings. The highest BCUT2D eigenvalue weighted by Gasteiger charge is 2.30. The van der Waals surface area contributed by atoms with Crippen LogP contribution in [0.2, 0.25) is 0 Å². The van der Waals surface area contributed by atoms with Crippen LogP contribution in [0.4, 0.5) is 0 Å². The number of carbonyl (C=O) groups is 2. The molecule has 6 heteroatoms. The highest BCUT2D eigenvalue weighted by Crippen LogP contribution is 2.25. The van der Waals surface area contributed by atoms with Gasteiger partial charge in [-0.3, -0.25) is 14.5 Å². The Hall–Kier alpha value is -1.92. The summed E-state index contributed by atoms with van der Waals surface area (Å²) in [6, 6.07) is 9.92. The minimum absolute atomic E-state index is 0.0428. The molecular weight excluding hydrogens is 318 g/mol. The predicted molar refractivity (Wildman–Crippen MR) is 95.0 cm³/mol. The average Bonchev–Trinajstić information content (AvgIpc) is 2.84. The molecule has 0 bridgehead atoms. The Kier molecular flexibility index (Phi) is 6.04. The Labute approximate surface area is 149 Å². The highest BCUT2D eigenvalue weighted by atomic mass is 16.5. The monoisotopic (exact) mass is 345 g/mol. The van der Waals surface area contributed by atoms with Crippen LogP contribution in [0.15, 0.2) is 30.3 Å². The van der Waals surface area contributed by atoms with Gasteiger partial charge in [0.25, 0.3) is 0 Å². The van der Waals surface area contributed by atoms with Crippen LogP contribution in [-0.2, 0) is 14.3 Å². The van der Waals surface area contributed by atoms with Gasteiger partial charge in [-0.2, -0.15) is 0 Å². The molecule has 136 valence electrons.